The fourth-order valence-electron chi connectivity index (χ4n) is 0.989. The van der Waals surface area contributed by atoms with Gasteiger partial charge in [-0.15, -0.1) is 0 Å². The highest BCUT2D eigenvalue weighted by molar-refractivity contribution is 8.09. The zero-order valence-electron chi connectivity index (χ0n) is 8.91. The maximum Gasteiger partial charge on any atom is 0.185 e. The second-order valence-corrected chi connectivity index (χ2v) is 7.36. The molecule has 0 aliphatic heterocycles. The zero-order valence-corrected chi connectivity index (χ0v) is 10.6. The van der Waals surface area contributed by atoms with Gasteiger partial charge in [0.15, 0.2) is 6.49 Å². The van der Waals surface area contributed by atoms with Crippen LogP contribution in [0.1, 0.15) is 39.0 Å². The third kappa shape index (κ3) is 8.89. The van der Waals surface area contributed by atoms with Gasteiger partial charge in [-0.05, 0) is 18.2 Å². The molecule has 0 saturated heterocycles. The van der Waals surface area contributed by atoms with Crippen LogP contribution in [0.15, 0.2) is 0 Å². The van der Waals surface area contributed by atoms with Crippen molar-refractivity contribution in [2.75, 3.05) is 20.4 Å². The molecule has 1 atom stereocenters. The first-order valence-electron chi connectivity index (χ1n) is 4.90. The fraction of sp³-hybridized carbons (Fsp3) is 1.00. The molecule has 0 aliphatic rings. The average molecular weight is 224 g/mol. The lowest BCUT2D eigenvalue weighted by Crippen LogP contribution is -1.93. The van der Waals surface area contributed by atoms with Gasteiger partial charge in [0.2, 0.25) is 0 Å². The summed E-state index contributed by atoms with van der Waals surface area (Å²) in [6, 6.07) is 0. The Kier molecular flexibility index (Phi) is 8.27. The van der Waals surface area contributed by atoms with Crippen LogP contribution in [-0.2, 0) is 20.9 Å². The van der Waals surface area contributed by atoms with E-state index in [1.807, 2.05) is 6.66 Å². The van der Waals surface area contributed by atoms with E-state index in [0.717, 1.165) is 13.0 Å². The predicted octanol–water partition coefficient (Wildman–Crippen LogP) is 3.56. The van der Waals surface area contributed by atoms with Gasteiger partial charge in [-0.2, -0.15) is 0 Å². The summed E-state index contributed by atoms with van der Waals surface area (Å²) in [4.78, 5) is 0. The van der Waals surface area contributed by atoms with Crippen molar-refractivity contribution < 1.29 is 9.05 Å². The summed E-state index contributed by atoms with van der Waals surface area (Å²) in [5.74, 6) is 0. The van der Waals surface area contributed by atoms with Crippen molar-refractivity contribution in [3.63, 3.8) is 0 Å². The Morgan fingerprint density at radius 1 is 1.15 bits per heavy atom. The summed E-state index contributed by atoms with van der Waals surface area (Å²) in [5.41, 5.74) is 0. The van der Waals surface area contributed by atoms with Crippen LogP contribution in [-0.4, -0.2) is 20.4 Å². The lowest BCUT2D eigenvalue weighted by Gasteiger charge is -2.14. The summed E-state index contributed by atoms with van der Waals surface area (Å²) < 4.78 is 10.5. The molecule has 0 fully saturated rings. The molecule has 4 heteroatoms. The van der Waals surface area contributed by atoms with Crippen LogP contribution >= 0.6 is 6.49 Å². The monoisotopic (exact) mass is 224 g/mol. The minimum absolute atomic E-state index is 0.755. The number of unbranched alkanes of at least 4 members (excludes halogenated alkanes) is 4. The number of hydrogen-bond acceptors (Lipinski definition) is 3. The molecule has 0 amide bonds. The van der Waals surface area contributed by atoms with E-state index in [1.54, 1.807) is 7.11 Å². The zero-order chi connectivity index (χ0) is 10.2. The van der Waals surface area contributed by atoms with Crippen LogP contribution in [0.5, 0.6) is 0 Å². The molecule has 0 bridgehead atoms. The lowest BCUT2D eigenvalue weighted by atomic mass is 10.2. The Morgan fingerprint density at radius 2 is 1.77 bits per heavy atom. The summed E-state index contributed by atoms with van der Waals surface area (Å²) >= 11 is 5.11. The van der Waals surface area contributed by atoms with Gasteiger partial charge < -0.3 is 9.05 Å². The van der Waals surface area contributed by atoms with Gasteiger partial charge >= 0.3 is 0 Å². The van der Waals surface area contributed by atoms with Crippen molar-refractivity contribution in [2.24, 2.45) is 0 Å². The summed E-state index contributed by atoms with van der Waals surface area (Å²) in [6.07, 6.45) is 6.26. The Labute approximate surface area is 87.2 Å². The van der Waals surface area contributed by atoms with Crippen molar-refractivity contribution in [2.45, 2.75) is 39.0 Å². The maximum absolute atomic E-state index is 5.46. The van der Waals surface area contributed by atoms with E-state index in [-0.39, 0.29) is 0 Å². The first kappa shape index (κ1) is 13.6. The van der Waals surface area contributed by atoms with Crippen LogP contribution in [0.25, 0.3) is 0 Å². The van der Waals surface area contributed by atoms with Gasteiger partial charge in [-0.1, -0.05) is 32.6 Å². The normalized spacial score (nSPS) is 15.6. The summed E-state index contributed by atoms with van der Waals surface area (Å²) in [7, 11) is 1.62. The maximum atomic E-state index is 5.46. The first-order chi connectivity index (χ1) is 6.12. The van der Waals surface area contributed by atoms with Crippen molar-refractivity contribution in [1.82, 2.24) is 0 Å². The van der Waals surface area contributed by atoms with Crippen LogP contribution < -0.4 is 0 Å². The quantitative estimate of drug-likeness (QED) is 0.464. The van der Waals surface area contributed by atoms with Crippen LogP contribution in [0.3, 0.4) is 0 Å². The molecule has 0 aliphatic carbocycles. The molecule has 0 aromatic heterocycles. The van der Waals surface area contributed by atoms with Gasteiger partial charge in [0.05, 0.1) is 6.61 Å². The largest absolute Gasteiger partial charge is 0.333 e. The van der Waals surface area contributed by atoms with E-state index in [9.17, 15) is 0 Å². The van der Waals surface area contributed by atoms with Gasteiger partial charge in [-0.3, -0.25) is 0 Å². The van der Waals surface area contributed by atoms with Crippen LogP contribution in [0.2, 0.25) is 0 Å². The summed E-state index contributed by atoms with van der Waals surface area (Å²) in [5, 5.41) is 0. The molecule has 2 nitrogen and oxygen atoms in total. The molecule has 0 N–H and O–H groups in total. The van der Waals surface area contributed by atoms with Gasteiger partial charge in [0, 0.05) is 13.8 Å². The molecule has 0 aromatic carbocycles. The summed E-state index contributed by atoms with van der Waals surface area (Å²) in [6.45, 7) is 2.94. The van der Waals surface area contributed by atoms with Crippen molar-refractivity contribution in [3.05, 3.63) is 0 Å². The first-order valence-corrected chi connectivity index (χ1v) is 7.98. The van der Waals surface area contributed by atoms with Crippen molar-refractivity contribution in [1.29, 1.82) is 0 Å². The minimum atomic E-state index is -1.90. The lowest BCUT2D eigenvalue weighted by molar-refractivity contribution is 0.277. The van der Waals surface area contributed by atoms with Crippen LogP contribution in [0.4, 0.5) is 0 Å². The second kappa shape index (κ2) is 7.93. The topological polar surface area (TPSA) is 18.5 Å². The molecule has 13 heavy (non-hydrogen) atoms. The highest BCUT2D eigenvalue weighted by Crippen LogP contribution is 2.43. The Hall–Kier alpha value is 0.570. The van der Waals surface area contributed by atoms with Crippen molar-refractivity contribution in [3.8, 4) is 0 Å². The molecule has 80 valence electrons. The molecule has 0 heterocycles. The third-order valence-corrected chi connectivity index (χ3v) is 3.98. The highest BCUT2D eigenvalue weighted by atomic mass is 32.5. The number of hydrogen-bond donors (Lipinski definition) is 0. The molecular formula is C9H21O2PS. The average Bonchev–Trinajstić information content (AvgIpc) is 2.11. The molecule has 0 aromatic rings. The molecule has 0 radical (unpaired) electrons. The van der Waals surface area contributed by atoms with E-state index in [1.165, 1.54) is 25.7 Å². The van der Waals surface area contributed by atoms with E-state index in [4.69, 9.17) is 20.9 Å². The second-order valence-electron chi connectivity index (χ2n) is 3.20. The Morgan fingerprint density at radius 3 is 2.31 bits per heavy atom. The van der Waals surface area contributed by atoms with E-state index in [0.29, 0.717) is 0 Å². The molecular weight excluding hydrogens is 203 g/mol. The van der Waals surface area contributed by atoms with Gasteiger partial charge in [0.25, 0.3) is 0 Å². The third-order valence-electron chi connectivity index (χ3n) is 1.91. The minimum Gasteiger partial charge on any atom is -0.333 e. The predicted molar refractivity (Wildman–Crippen MR) is 61.9 cm³/mol. The smallest absolute Gasteiger partial charge is 0.185 e. The molecule has 0 saturated carbocycles. The van der Waals surface area contributed by atoms with Gasteiger partial charge in [0.1, 0.15) is 0 Å². The van der Waals surface area contributed by atoms with E-state index >= 15 is 0 Å². The standard InChI is InChI=1S/C9H21O2PS/c1-4-5-6-7-8-9-11-12(3,13)10-2/h4-9H2,1-3H3. The molecule has 0 rings (SSSR count). The molecule has 0 spiro atoms. The van der Waals surface area contributed by atoms with E-state index < -0.39 is 6.49 Å². The fourth-order valence-corrected chi connectivity index (χ4v) is 1.78. The van der Waals surface area contributed by atoms with Crippen LogP contribution in [0, 0.1) is 0 Å². The molecule has 1 unspecified atom stereocenters. The Balaban J connectivity index is 3.21. The SMILES string of the molecule is CCCCCCCOP(C)(=S)OC. The van der Waals surface area contributed by atoms with Crippen molar-refractivity contribution >= 4 is 18.3 Å². The van der Waals surface area contributed by atoms with E-state index in [2.05, 4.69) is 6.92 Å². The Bertz CT molecular complexity index is 162. The highest BCUT2D eigenvalue weighted by Gasteiger charge is 2.07. The number of rotatable bonds is 8. The van der Waals surface area contributed by atoms with Gasteiger partial charge in [-0.25, -0.2) is 0 Å².